The van der Waals surface area contributed by atoms with Gasteiger partial charge in [-0.1, -0.05) is 24.3 Å². The van der Waals surface area contributed by atoms with Crippen molar-refractivity contribution in [3.8, 4) is 5.75 Å². The molecule has 1 heterocycles. The van der Waals surface area contributed by atoms with Gasteiger partial charge in [-0.05, 0) is 80.8 Å². The summed E-state index contributed by atoms with van der Waals surface area (Å²) in [7, 11) is 1.57. The topological polar surface area (TPSA) is 85.9 Å². The normalized spacial score (nSPS) is 15.2. The largest absolute Gasteiger partial charge is 0.495 e. The van der Waals surface area contributed by atoms with Crippen LogP contribution in [-0.4, -0.2) is 49.7 Å². The maximum Gasteiger partial charge on any atom is 0.323 e. The van der Waals surface area contributed by atoms with E-state index < -0.39 is 0 Å². The molecule has 4 rings (SSSR count). The number of nitrogens with one attached hydrogen (secondary N) is 3. The number of piperazine rings is 1. The van der Waals surface area contributed by atoms with Crippen LogP contribution in [0.1, 0.15) is 23.6 Å². The average Bonchev–Trinajstić information content (AvgIpc) is 2.86. The van der Waals surface area contributed by atoms with Crippen LogP contribution in [0.5, 0.6) is 5.75 Å². The van der Waals surface area contributed by atoms with Gasteiger partial charge in [-0.3, -0.25) is 0 Å². The Hall–Kier alpha value is -4.20. The van der Waals surface area contributed by atoms with E-state index >= 15 is 0 Å². The van der Waals surface area contributed by atoms with Crippen LogP contribution in [0, 0.1) is 20.8 Å². The first-order valence-corrected chi connectivity index (χ1v) is 12.5. The molecule has 1 fully saturated rings. The highest BCUT2D eigenvalue weighted by molar-refractivity contribution is 6.00. The monoisotopic (exact) mass is 501 g/mol. The lowest BCUT2D eigenvalue weighted by Gasteiger charge is -2.41. The Labute approximate surface area is 218 Å². The van der Waals surface area contributed by atoms with Crippen LogP contribution in [0.3, 0.4) is 0 Å². The molecule has 1 saturated heterocycles. The van der Waals surface area contributed by atoms with Crippen molar-refractivity contribution in [2.75, 3.05) is 47.6 Å². The van der Waals surface area contributed by atoms with E-state index in [1.165, 1.54) is 0 Å². The highest BCUT2D eigenvalue weighted by Gasteiger charge is 2.28. The molecule has 4 amide bonds. The van der Waals surface area contributed by atoms with Crippen molar-refractivity contribution in [2.45, 2.75) is 33.7 Å². The molecule has 37 heavy (non-hydrogen) atoms. The molecule has 0 radical (unpaired) electrons. The van der Waals surface area contributed by atoms with Crippen molar-refractivity contribution in [3.05, 3.63) is 77.4 Å². The van der Waals surface area contributed by atoms with Crippen LogP contribution in [0.2, 0.25) is 0 Å². The lowest BCUT2D eigenvalue weighted by Crippen LogP contribution is -2.55. The lowest BCUT2D eigenvalue weighted by atomic mass is 10.1. The number of rotatable bonds is 5. The van der Waals surface area contributed by atoms with Crippen LogP contribution in [0.4, 0.5) is 32.3 Å². The maximum absolute atomic E-state index is 13.0. The van der Waals surface area contributed by atoms with E-state index in [0.717, 1.165) is 41.2 Å². The maximum atomic E-state index is 13.0. The van der Waals surface area contributed by atoms with E-state index in [1.54, 1.807) is 7.11 Å². The molecule has 1 atom stereocenters. The smallest absolute Gasteiger partial charge is 0.323 e. The predicted molar refractivity (Wildman–Crippen MR) is 150 cm³/mol. The minimum Gasteiger partial charge on any atom is -0.495 e. The van der Waals surface area contributed by atoms with Crippen LogP contribution in [-0.2, 0) is 0 Å². The number of benzene rings is 3. The third kappa shape index (κ3) is 6.14. The van der Waals surface area contributed by atoms with Gasteiger partial charge in [0.1, 0.15) is 5.75 Å². The molecule has 0 aliphatic carbocycles. The summed E-state index contributed by atoms with van der Waals surface area (Å²) in [6.07, 6.45) is 0. The van der Waals surface area contributed by atoms with E-state index in [0.29, 0.717) is 23.7 Å². The van der Waals surface area contributed by atoms with Crippen molar-refractivity contribution >= 4 is 34.8 Å². The SMILES string of the molecule is COc1ccc(C)cc1NC(=O)Nc1ccc(N2CCN(C(=O)Nc3c(C)cccc3C)C(C)C2)cc1. The Kier molecular flexibility index (Phi) is 7.86. The van der Waals surface area contributed by atoms with Crippen molar-refractivity contribution in [1.82, 2.24) is 4.90 Å². The first-order chi connectivity index (χ1) is 17.7. The molecule has 3 aromatic rings. The first-order valence-electron chi connectivity index (χ1n) is 12.5. The number of anilines is 4. The van der Waals surface area contributed by atoms with Gasteiger partial charge in [0.2, 0.25) is 0 Å². The number of aryl methyl sites for hydroxylation is 3. The zero-order chi connectivity index (χ0) is 26.5. The summed E-state index contributed by atoms with van der Waals surface area (Å²) >= 11 is 0. The van der Waals surface area contributed by atoms with E-state index in [1.807, 2.05) is 86.3 Å². The van der Waals surface area contributed by atoms with Crippen molar-refractivity contribution in [2.24, 2.45) is 0 Å². The van der Waals surface area contributed by atoms with E-state index in [2.05, 4.69) is 27.8 Å². The number of carbonyl (C=O) groups is 2. The predicted octanol–water partition coefficient (Wildman–Crippen LogP) is 6.01. The minimum atomic E-state index is -0.339. The number of amides is 4. The standard InChI is InChI=1S/C29H35N5O3/c1-19-9-14-26(37-5)25(17-19)31-28(35)30-23-10-12-24(13-11-23)33-15-16-34(22(4)18-33)29(36)32-27-20(2)7-6-8-21(27)3/h6-14,17,22H,15-16,18H2,1-5H3,(H,32,36)(H2,30,31,35). The van der Waals surface area contributed by atoms with Crippen molar-refractivity contribution < 1.29 is 14.3 Å². The quantitative estimate of drug-likeness (QED) is 0.400. The number of carbonyl (C=O) groups excluding carboxylic acids is 2. The number of hydrogen-bond donors (Lipinski definition) is 3. The number of para-hydroxylation sites is 1. The molecule has 0 bridgehead atoms. The molecule has 3 N–H and O–H groups in total. The summed E-state index contributed by atoms with van der Waals surface area (Å²) in [6, 6.07) is 19.0. The molecule has 3 aromatic carbocycles. The van der Waals surface area contributed by atoms with Gasteiger partial charge in [-0.2, -0.15) is 0 Å². The summed E-state index contributed by atoms with van der Waals surface area (Å²) < 4.78 is 5.33. The third-order valence-electron chi connectivity index (χ3n) is 6.69. The minimum absolute atomic E-state index is 0.0472. The van der Waals surface area contributed by atoms with Crippen LogP contribution < -0.4 is 25.6 Å². The Morgan fingerprint density at radius 2 is 1.59 bits per heavy atom. The van der Waals surface area contributed by atoms with Gasteiger partial charge in [0.15, 0.2) is 0 Å². The van der Waals surface area contributed by atoms with Gasteiger partial charge in [-0.15, -0.1) is 0 Å². The summed E-state index contributed by atoms with van der Waals surface area (Å²) in [4.78, 5) is 29.7. The zero-order valence-electron chi connectivity index (χ0n) is 22.1. The second-order valence-electron chi connectivity index (χ2n) is 9.52. The van der Waals surface area contributed by atoms with Gasteiger partial charge in [0.25, 0.3) is 0 Å². The molecule has 0 aromatic heterocycles. The van der Waals surface area contributed by atoms with Gasteiger partial charge >= 0.3 is 12.1 Å². The Bertz CT molecular complexity index is 1250. The Morgan fingerprint density at radius 3 is 2.24 bits per heavy atom. The fourth-order valence-corrected chi connectivity index (χ4v) is 4.64. The number of hydrogen-bond acceptors (Lipinski definition) is 4. The molecule has 1 unspecified atom stereocenters. The van der Waals surface area contributed by atoms with Crippen molar-refractivity contribution in [3.63, 3.8) is 0 Å². The average molecular weight is 502 g/mol. The number of methoxy groups -OCH3 is 1. The first kappa shape index (κ1) is 25.9. The van der Waals surface area contributed by atoms with Gasteiger partial charge in [-0.25, -0.2) is 9.59 Å². The van der Waals surface area contributed by atoms with Gasteiger partial charge in [0, 0.05) is 42.7 Å². The summed E-state index contributed by atoms with van der Waals surface area (Å²) in [6.45, 7) is 10.1. The van der Waals surface area contributed by atoms with E-state index in [-0.39, 0.29) is 18.1 Å². The summed E-state index contributed by atoms with van der Waals surface area (Å²) in [5.74, 6) is 0.604. The van der Waals surface area contributed by atoms with E-state index in [4.69, 9.17) is 4.74 Å². The molecule has 1 aliphatic rings. The van der Waals surface area contributed by atoms with Crippen molar-refractivity contribution in [1.29, 1.82) is 0 Å². The van der Waals surface area contributed by atoms with Crippen LogP contribution in [0.15, 0.2) is 60.7 Å². The number of urea groups is 2. The van der Waals surface area contributed by atoms with E-state index in [9.17, 15) is 9.59 Å². The molecule has 8 nitrogen and oxygen atoms in total. The second-order valence-corrected chi connectivity index (χ2v) is 9.52. The molecule has 0 spiro atoms. The fraction of sp³-hybridized carbons (Fsp3) is 0.310. The Morgan fingerprint density at radius 1 is 0.892 bits per heavy atom. The Balaban J connectivity index is 1.33. The molecular formula is C29H35N5O3. The van der Waals surface area contributed by atoms with Gasteiger partial charge in [0.05, 0.1) is 12.8 Å². The summed E-state index contributed by atoms with van der Waals surface area (Å²) in [5.41, 5.74) is 6.37. The second kappa shape index (κ2) is 11.2. The molecule has 194 valence electrons. The van der Waals surface area contributed by atoms with Crippen LogP contribution >= 0.6 is 0 Å². The molecule has 8 heteroatoms. The highest BCUT2D eigenvalue weighted by atomic mass is 16.5. The molecule has 0 saturated carbocycles. The molecule has 1 aliphatic heterocycles. The van der Waals surface area contributed by atoms with Gasteiger partial charge < -0.3 is 30.5 Å². The summed E-state index contributed by atoms with van der Waals surface area (Å²) in [5, 5.41) is 8.82. The zero-order valence-corrected chi connectivity index (χ0v) is 22.1. The van der Waals surface area contributed by atoms with Crippen LogP contribution in [0.25, 0.3) is 0 Å². The number of ether oxygens (including phenoxy) is 1. The number of nitrogens with zero attached hydrogens (tertiary/aromatic N) is 2. The molecular weight excluding hydrogens is 466 g/mol. The fourth-order valence-electron chi connectivity index (χ4n) is 4.64. The highest BCUT2D eigenvalue weighted by Crippen LogP contribution is 2.26. The lowest BCUT2D eigenvalue weighted by molar-refractivity contribution is 0.185. The third-order valence-corrected chi connectivity index (χ3v) is 6.69.